The molecule has 2 aromatic heterocycles. The van der Waals surface area contributed by atoms with Gasteiger partial charge < -0.3 is 18.8 Å². The summed E-state index contributed by atoms with van der Waals surface area (Å²) in [5, 5.41) is 0. The minimum Gasteiger partial charge on any atom is -0.472 e. The molecule has 6 heteroatoms. The fraction of sp³-hybridized carbons (Fsp3) is 0.500. The fourth-order valence-electron chi connectivity index (χ4n) is 4.10. The number of fused-ring (bicyclic) bond motifs is 1. The van der Waals surface area contributed by atoms with Crippen LogP contribution in [0.3, 0.4) is 0 Å². The molecule has 0 saturated carbocycles. The number of amides is 1. The van der Waals surface area contributed by atoms with E-state index in [4.69, 9.17) is 13.9 Å². The normalized spacial score (nSPS) is 25.7. The van der Waals surface area contributed by atoms with Crippen molar-refractivity contribution < 1.29 is 18.7 Å². The van der Waals surface area contributed by atoms with Crippen LogP contribution in [0.25, 0.3) is 0 Å². The van der Waals surface area contributed by atoms with Gasteiger partial charge in [-0.3, -0.25) is 9.78 Å². The van der Waals surface area contributed by atoms with Crippen LogP contribution in [0.4, 0.5) is 0 Å². The lowest BCUT2D eigenvalue weighted by Crippen LogP contribution is -2.58. The van der Waals surface area contributed by atoms with E-state index in [1.165, 1.54) is 12.5 Å². The molecule has 2 atom stereocenters. The molecule has 0 unspecified atom stereocenters. The van der Waals surface area contributed by atoms with Crippen LogP contribution in [-0.2, 0) is 16.1 Å². The Kier molecular flexibility index (Phi) is 5.04. The zero-order chi connectivity index (χ0) is 17.8. The first-order valence-corrected chi connectivity index (χ1v) is 9.17. The molecule has 0 aromatic carbocycles. The summed E-state index contributed by atoms with van der Waals surface area (Å²) in [6, 6.07) is 5.64. The van der Waals surface area contributed by atoms with Gasteiger partial charge >= 0.3 is 0 Å². The molecule has 0 spiro atoms. The number of pyridine rings is 1. The SMILES string of the molecule is O=C(c1ccoc1)N1CC[C@@H]2OCCC[C@]2(COCc2cccnc2)C1. The molecule has 0 bridgehead atoms. The Labute approximate surface area is 153 Å². The minimum absolute atomic E-state index is 0.0226. The second-order valence-electron chi connectivity index (χ2n) is 7.21. The molecule has 2 aliphatic heterocycles. The van der Waals surface area contributed by atoms with E-state index >= 15 is 0 Å². The predicted molar refractivity (Wildman–Crippen MR) is 94.5 cm³/mol. The fourth-order valence-corrected chi connectivity index (χ4v) is 4.10. The van der Waals surface area contributed by atoms with Crippen LogP contribution in [0.5, 0.6) is 0 Å². The third-order valence-electron chi connectivity index (χ3n) is 5.42. The van der Waals surface area contributed by atoms with Crippen LogP contribution in [0.1, 0.15) is 35.2 Å². The third-order valence-corrected chi connectivity index (χ3v) is 5.42. The number of hydrogen-bond donors (Lipinski definition) is 0. The summed E-state index contributed by atoms with van der Waals surface area (Å²) in [5.74, 6) is 0.0226. The zero-order valence-electron chi connectivity index (χ0n) is 14.8. The van der Waals surface area contributed by atoms with Gasteiger partial charge in [-0.15, -0.1) is 0 Å². The minimum atomic E-state index is -0.141. The van der Waals surface area contributed by atoms with Crippen LogP contribution in [0, 0.1) is 5.41 Å². The average Bonchev–Trinajstić information content (AvgIpc) is 3.22. The number of piperidine rings is 1. The highest BCUT2D eigenvalue weighted by Crippen LogP contribution is 2.41. The highest BCUT2D eigenvalue weighted by molar-refractivity contribution is 5.93. The van der Waals surface area contributed by atoms with Crippen LogP contribution >= 0.6 is 0 Å². The van der Waals surface area contributed by atoms with E-state index in [0.717, 1.165) is 31.4 Å². The van der Waals surface area contributed by atoms with Gasteiger partial charge in [0.25, 0.3) is 5.91 Å². The summed E-state index contributed by atoms with van der Waals surface area (Å²) in [7, 11) is 0. The summed E-state index contributed by atoms with van der Waals surface area (Å²) < 4.78 is 17.2. The number of furan rings is 1. The highest BCUT2D eigenvalue weighted by atomic mass is 16.5. The van der Waals surface area contributed by atoms with Gasteiger partial charge in [-0.2, -0.15) is 0 Å². The Balaban J connectivity index is 1.45. The van der Waals surface area contributed by atoms with Crippen LogP contribution in [-0.4, -0.2) is 48.2 Å². The maximum atomic E-state index is 12.7. The number of nitrogens with zero attached hydrogens (tertiary/aromatic N) is 2. The van der Waals surface area contributed by atoms with E-state index in [9.17, 15) is 4.79 Å². The van der Waals surface area contributed by atoms with Gasteiger partial charge in [-0.1, -0.05) is 6.07 Å². The second-order valence-corrected chi connectivity index (χ2v) is 7.21. The lowest BCUT2D eigenvalue weighted by atomic mass is 9.73. The first-order valence-electron chi connectivity index (χ1n) is 9.17. The number of aromatic nitrogens is 1. The molecule has 4 heterocycles. The van der Waals surface area contributed by atoms with Crippen LogP contribution < -0.4 is 0 Å². The lowest BCUT2D eigenvalue weighted by molar-refractivity contribution is -0.148. The van der Waals surface area contributed by atoms with Gasteiger partial charge in [0, 0.05) is 37.5 Å². The van der Waals surface area contributed by atoms with Crippen molar-refractivity contribution in [3.05, 3.63) is 54.2 Å². The number of likely N-dealkylation sites (tertiary alicyclic amines) is 1. The topological polar surface area (TPSA) is 64.8 Å². The molecular formula is C20H24N2O4. The lowest BCUT2D eigenvalue weighted by Gasteiger charge is -2.50. The molecule has 2 aliphatic rings. The largest absolute Gasteiger partial charge is 0.472 e. The van der Waals surface area contributed by atoms with Gasteiger partial charge in [-0.05, 0) is 37.0 Å². The number of carbonyl (C=O) groups excluding carboxylic acids is 1. The van der Waals surface area contributed by atoms with Crippen molar-refractivity contribution in [2.75, 3.05) is 26.3 Å². The predicted octanol–water partition coefficient (Wildman–Crippen LogP) is 2.90. The van der Waals surface area contributed by atoms with E-state index in [2.05, 4.69) is 4.98 Å². The summed E-state index contributed by atoms with van der Waals surface area (Å²) in [5.41, 5.74) is 1.52. The third kappa shape index (κ3) is 3.52. The summed E-state index contributed by atoms with van der Waals surface area (Å²) in [6.07, 6.45) is 9.64. The molecule has 0 N–H and O–H groups in total. The molecule has 4 rings (SSSR count). The van der Waals surface area contributed by atoms with E-state index in [0.29, 0.717) is 31.9 Å². The molecule has 2 fully saturated rings. The molecule has 2 aromatic rings. The highest BCUT2D eigenvalue weighted by Gasteiger charge is 2.47. The van der Waals surface area contributed by atoms with Crippen molar-refractivity contribution in [3.8, 4) is 0 Å². The number of carbonyl (C=O) groups is 1. The monoisotopic (exact) mass is 356 g/mol. The van der Waals surface area contributed by atoms with Crippen molar-refractivity contribution >= 4 is 5.91 Å². The van der Waals surface area contributed by atoms with Crippen molar-refractivity contribution in [2.24, 2.45) is 5.41 Å². The summed E-state index contributed by atoms with van der Waals surface area (Å²) >= 11 is 0. The molecular weight excluding hydrogens is 332 g/mol. The quantitative estimate of drug-likeness (QED) is 0.824. The number of rotatable bonds is 5. The van der Waals surface area contributed by atoms with E-state index in [1.807, 2.05) is 23.2 Å². The van der Waals surface area contributed by atoms with Crippen molar-refractivity contribution in [1.29, 1.82) is 0 Å². The van der Waals surface area contributed by atoms with Gasteiger partial charge in [0.15, 0.2) is 0 Å². The van der Waals surface area contributed by atoms with Crippen molar-refractivity contribution in [1.82, 2.24) is 9.88 Å². The molecule has 2 saturated heterocycles. The average molecular weight is 356 g/mol. The number of hydrogen-bond acceptors (Lipinski definition) is 5. The van der Waals surface area contributed by atoms with Crippen molar-refractivity contribution in [3.63, 3.8) is 0 Å². The Morgan fingerprint density at radius 1 is 1.42 bits per heavy atom. The molecule has 26 heavy (non-hydrogen) atoms. The van der Waals surface area contributed by atoms with E-state index in [1.54, 1.807) is 12.3 Å². The zero-order valence-corrected chi connectivity index (χ0v) is 14.8. The molecule has 138 valence electrons. The molecule has 1 amide bonds. The first-order chi connectivity index (χ1) is 12.8. The number of ether oxygens (including phenoxy) is 2. The Morgan fingerprint density at radius 3 is 3.19 bits per heavy atom. The Bertz CT molecular complexity index is 719. The van der Waals surface area contributed by atoms with E-state index < -0.39 is 0 Å². The first kappa shape index (κ1) is 17.2. The molecule has 0 radical (unpaired) electrons. The van der Waals surface area contributed by atoms with Gasteiger partial charge in [0.1, 0.15) is 6.26 Å². The Morgan fingerprint density at radius 2 is 2.38 bits per heavy atom. The molecule has 0 aliphatic carbocycles. The second kappa shape index (κ2) is 7.60. The smallest absolute Gasteiger partial charge is 0.257 e. The van der Waals surface area contributed by atoms with Crippen LogP contribution in [0.15, 0.2) is 47.5 Å². The summed E-state index contributed by atoms with van der Waals surface area (Å²) in [6.45, 7) is 3.28. The van der Waals surface area contributed by atoms with E-state index in [-0.39, 0.29) is 17.4 Å². The summed E-state index contributed by atoms with van der Waals surface area (Å²) in [4.78, 5) is 18.8. The standard InChI is InChI=1S/C20H24N2O4/c23-19(17-5-10-24-13-17)22-8-4-18-20(14-22,6-2-9-26-18)15-25-12-16-3-1-7-21-11-16/h1,3,5,7,10-11,13,18H,2,4,6,8-9,12,14-15H2/t18-,20+/m0/s1. The van der Waals surface area contributed by atoms with Gasteiger partial charge in [-0.25, -0.2) is 0 Å². The maximum Gasteiger partial charge on any atom is 0.257 e. The van der Waals surface area contributed by atoms with Crippen LogP contribution in [0.2, 0.25) is 0 Å². The van der Waals surface area contributed by atoms with Gasteiger partial charge in [0.2, 0.25) is 0 Å². The van der Waals surface area contributed by atoms with Gasteiger partial charge in [0.05, 0.1) is 31.1 Å². The Hall–Kier alpha value is -2.18. The van der Waals surface area contributed by atoms with Crippen molar-refractivity contribution in [2.45, 2.75) is 32.0 Å². The molecule has 6 nitrogen and oxygen atoms in total. The maximum absolute atomic E-state index is 12.7.